The predicted molar refractivity (Wildman–Crippen MR) is 167 cm³/mol. The molecule has 47 heavy (non-hydrogen) atoms. The molecule has 0 aromatic heterocycles. The number of thioether (sulfide) groups is 1. The summed E-state index contributed by atoms with van der Waals surface area (Å²) in [6.45, 7) is 3.68. The minimum atomic E-state index is -4.79. The second kappa shape index (κ2) is 14.1. The van der Waals surface area contributed by atoms with Crippen molar-refractivity contribution in [3.63, 3.8) is 0 Å². The van der Waals surface area contributed by atoms with Crippen molar-refractivity contribution in [3.05, 3.63) is 86.8 Å². The van der Waals surface area contributed by atoms with Gasteiger partial charge in [-0.25, -0.2) is 0 Å². The van der Waals surface area contributed by atoms with Gasteiger partial charge in [0.2, 0.25) is 11.7 Å². The van der Waals surface area contributed by atoms with Crippen molar-refractivity contribution in [2.75, 3.05) is 49.7 Å². The maximum atomic E-state index is 13.2. The van der Waals surface area contributed by atoms with Crippen molar-refractivity contribution >= 4 is 52.0 Å². The molecule has 0 spiro atoms. The summed E-state index contributed by atoms with van der Waals surface area (Å²) in [4.78, 5) is 52.3. The van der Waals surface area contributed by atoms with Crippen LogP contribution in [0.2, 0.25) is 0 Å². The second-order valence-corrected chi connectivity index (χ2v) is 11.1. The molecule has 0 aliphatic carbocycles. The van der Waals surface area contributed by atoms with E-state index < -0.39 is 51.7 Å². The molecule has 3 aromatic rings. The quantitative estimate of drug-likeness (QED) is 0.148. The first-order valence-corrected chi connectivity index (χ1v) is 15.0. The van der Waals surface area contributed by atoms with Crippen molar-refractivity contribution in [2.45, 2.75) is 13.1 Å². The molecule has 0 bridgehead atoms. The number of benzene rings is 3. The number of carbonyl (C=O) groups is 3. The van der Waals surface area contributed by atoms with Crippen LogP contribution in [0, 0.1) is 10.1 Å². The third-order valence-electron chi connectivity index (χ3n) is 6.97. The van der Waals surface area contributed by atoms with Gasteiger partial charge in [0.15, 0.2) is 11.5 Å². The van der Waals surface area contributed by atoms with Gasteiger partial charge in [0.25, 0.3) is 11.1 Å². The Kier molecular flexibility index (Phi) is 10.0. The van der Waals surface area contributed by atoms with Gasteiger partial charge in [-0.05, 0) is 66.7 Å². The van der Waals surface area contributed by atoms with E-state index in [0.29, 0.717) is 61.4 Å². The molecule has 12 nitrogen and oxygen atoms in total. The van der Waals surface area contributed by atoms with Crippen LogP contribution in [0.5, 0.6) is 17.2 Å². The van der Waals surface area contributed by atoms with E-state index in [1.807, 2.05) is 12.1 Å². The highest BCUT2D eigenvalue weighted by Crippen LogP contribution is 2.41. The van der Waals surface area contributed by atoms with Crippen molar-refractivity contribution in [1.29, 1.82) is 0 Å². The van der Waals surface area contributed by atoms with E-state index in [-0.39, 0.29) is 23.0 Å². The summed E-state index contributed by atoms with van der Waals surface area (Å²) in [7, 11) is 0. The summed E-state index contributed by atoms with van der Waals surface area (Å²) in [5, 5.41) is 13.6. The Labute approximate surface area is 270 Å². The molecule has 2 saturated heterocycles. The molecular weight excluding hydrogens is 645 g/mol. The fourth-order valence-corrected chi connectivity index (χ4v) is 5.63. The number of ether oxygens (including phenoxy) is 3. The summed E-state index contributed by atoms with van der Waals surface area (Å²) in [5.41, 5.74) is -0.384. The third kappa shape index (κ3) is 7.84. The van der Waals surface area contributed by atoms with E-state index >= 15 is 0 Å². The molecule has 2 aliphatic rings. The molecule has 5 rings (SSSR count). The smallest absolute Gasteiger partial charge is 0.416 e. The molecule has 3 amide bonds. The number of nitro groups is 1. The molecule has 0 atom stereocenters. The number of alkyl halides is 3. The first kappa shape index (κ1) is 33.3. The fraction of sp³-hybridized carbons (Fsp3) is 0.258. The molecule has 0 saturated carbocycles. The molecule has 1 N–H and O–H groups in total. The van der Waals surface area contributed by atoms with Gasteiger partial charge >= 0.3 is 11.9 Å². The molecule has 2 aliphatic heterocycles. The summed E-state index contributed by atoms with van der Waals surface area (Å²) < 4.78 is 55.9. The minimum absolute atomic E-state index is 0.0333. The number of imide groups is 1. The Balaban J connectivity index is 1.31. The number of anilines is 2. The lowest BCUT2D eigenvalue weighted by Crippen LogP contribution is -2.38. The van der Waals surface area contributed by atoms with E-state index in [9.17, 15) is 37.7 Å². The zero-order valence-electron chi connectivity index (χ0n) is 24.7. The normalized spacial score (nSPS) is 16.0. The van der Waals surface area contributed by atoms with E-state index in [0.717, 1.165) is 16.7 Å². The van der Waals surface area contributed by atoms with Gasteiger partial charge in [-0.15, -0.1) is 0 Å². The number of para-hydroxylation sites is 2. The molecule has 246 valence electrons. The molecule has 2 heterocycles. The number of hydrogen-bond donors (Lipinski definition) is 1. The number of hydrogen-bond acceptors (Lipinski definition) is 10. The van der Waals surface area contributed by atoms with Crippen LogP contribution in [0.1, 0.15) is 18.1 Å². The maximum Gasteiger partial charge on any atom is 0.416 e. The Morgan fingerprint density at radius 1 is 1.06 bits per heavy atom. The zero-order chi connectivity index (χ0) is 33.7. The van der Waals surface area contributed by atoms with Crippen LogP contribution in [-0.2, 0) is 20.5 Å². The Morgan fingerprint density at radius 3 is 2.49 bits per heavy atom. The average molecular weight is 673 g/mol. The molecule has 16 heteroatoms. The number of amides is 3. The van der Waals surface area contributed by atoms with Crippen LogP contribution in [0.4, 0.5) is 35.0 Å². The van der Waals surface area contributed by atoms with Crippen LogP contribution in [-0.4, -0.2) is 66.3 Å². The lowest BCUT2D eigenvalue weighted by Gasteiger charge is -2.30. The average Bonchev–Trinajstić information content (AvgIpc) is 3.29. The number of rotatable bonds is 10. The number of nitrogens with zero attached hydrogens (tertiary/aromatic N) is 3. The predicted octanol–water partition coefficient (Wildman–Crippen LogP) is 6.32. The zero-order valence-corrected chi connectivity index (χ0v) is 25.6. The minimum Gasteiger partial charge on any atom is -0.490 e. The first-order valence-electron chi connectivity index (χ1n) is 14.2. The van der Waals surface area contributed by atoms with Crippen molar-refractivity contribution < 1.29 is 46.7 Å². The number of nitrogens with one attached hydrogen (secondary N) is 1. The lowest BCUT2D eigenvalue weighted by molar-refractivity contribution is -0.385. The Hall–Kier alpha value is -5.09. The van der Waals surface area contributed by atoms with Crippen LogP contribution < -0.4 is 19.7 Å². The third-order valence-corrected chi connectivity index (χ3v) is 7.88. The number of carbonyl (C=O) groups excluding carboxylic acids is 3. The van der Waals surface area contributed by atoms with Crippen molar-refractivity contribution in [3.8, 4) is 17.2 Å². The van der Waals surface area contributed by atoms with Gasteiger partial charge in [-0.2, -0.15) is 13.2 Å². The maximum absolute atomic E-state index is 13.2. The summed E-state index contributed by atoms with van der Waals surface area (Å²) in [6, 6.07) is 13.4. The number of morpholine rings is 1. The largest absolute Gasteiger partial charge is 0.490 e. The van der Waals surface area contributed by atoms with Crippen LogP contribution in [0.25, 0.3) is 6.08 Å². The summed E-state index contributed by atoms with van der Waals surface area (Å²) in [5.74, 6) is -1.65. The summed E-state index contributed by atoms with van der Waals surface area (Å²) >= 11 is 0.643. The molecule has 2 fully saturated rings. The van der Waals surface area contributed by atoms with Gasteiger partial charge in [0, 0.05) is 19.2 Å². The SMILES string of the molecule is CCOc1cc(/C=C2/SC(=O)N(CC(=O)Nc3ccccc3N3CCOCC3)C2=O)ccc1Oc1ccc(C(F)(F)F)cc1[N+](=O)[O-]. The van der Waals surface area contributed by atoms with Gasteiger partial charge in [0.05, 0.1) is 46.6 Å². The first-order chi connectivity index (χ1) is 22.4. The van der Waals surface area contributed by atoms with Crippen LogP contribution in [0.15, 0.2) is 65.6 Å². The van der Waals surface area contributed by atoms with Crippen molar-refractivity contribution in [2.24, 2.45) is 0 Å². The monoisotopic (exact) mass is 672 g/mol. The highest BCUT2D eigenvalue weighted by atomic mass is 32.2. The van der Waals surface area contributed by atoms with E-state index in [1.54, 1.807) is 19.1 Å². The van der Waals surface area contributed by atoms with Gasteiger partial charge in [-0.3, -0.25) is 29.4 Å². The molecular formula is C31H27F3N4O8S. The van der Waals surface area contributed by atoms with E-state index in [4.69, 9.17) is 14.2 Å². The van der Waals surface area contributed by atoms with Gasteiger partial charge in [0.1, 0.15) is 6.54 Å². The standard InChI is InChI=1S/C31H27F3N4O8S/c1-2-45-26-15-19(7-9-25(26)46-24-10-8-20(31(32,33)34)17-23(24)38(42)43)16-27-29(40)37(30(41)47-27)18-28(39)35-21-5-3-4-6-22(21)36-11-13-44-14-12-36/h3-10,15-17H,2,11-14,18H2,1H3,(H,35,39)/b27-16+. The number of nitro benzene ring substituents is 1. The highest BCUT2D eigenvalue weighted by Gasteiger charge is 2.37. The Morgan fingerprint density at radius 2 is 1.79 bits per heavy atom. The summed E-state index contributed by atoms with van der Waals surface area (Å²) in [6.07, 6.45) is -3.39. The van der Waals surface area contributed by atoms with Gasteiger partial charge < -0.3 is 24.4 Å². The van der Waals surface area contributed by atoms with Gasteiger partial charge in [-0.1, -0.05) is 18.2 Å². The molecule has 0 unspecified atom stereocenters. The lowest BCUT2D eigenvalue weighted by atomic mass is 10.1. The fourth-order valence-electron chi connectivity index (χ4n) is 4.79. The van der Waals surface area contributed by atoms with Crippen molar-refractivity contribution in [1.82, 2.24) is 4.90 Å². The highest BCUT2D eigenvalue weighted by molar-refractivity contribution is 8.18. The number of halogens is 3. The molecule has 0 radical (unpaired) electrons. The van der Waals surface area contributed by atoms with Crippen LogP contribution >= 0.6 is 11.8 Å². The van der Waals surface area contributed by atoms with E-state index in [2.05, 4.69) is 10.2 Å². The van der Waals surface area contributed by atoms with Crippen LogP contribution in [0.3, 0.4) is 0 Å². The topological polar surface area (TPSA) is 141 Å². The Bertz CT molecular complexity index is 1740. The van der Waals surface area contributed by atoms with E-state index in [1.165, 1.54) is 24.3 Å². The second-order valence-electron chi connectivity index (χ2n) is 10.1. The molecule has 3 aromatic carbocycles.